The average Bonchev–Trinajstić information content (AvgIpc) is 3.50. The Bertz CT molecular complexity index is 2120. The van der Waals surface area contributed by atoms with Gasteiger partial charge in [-0.3, -0.25) is 9.97 Å². The third kappa shape index (κ3) is 3.04. The van der Waals surface area contributed by atoms with Gasteiger partial charge in [-0.05, 0) is 65.7 Å². The first-order valence-electron chi connectivity index (χ1n) is 12.7. The summed E-state index contributed by atoms with van der Waals surface area (Å²) in [6.07, 6.45) is 7.53. The number of fused-ring (bicyclic) bond motifs is 6. The second kappa shape index (κ2) is 8.15. The molecule has 0 spiro atoms. The maximum absolute atomic E-state index is 4.45. The smallest absolute Gasteiger partial charge is 0.0645 e. The number of pyridine rings is 2. The number of benzene rings is 4. The molecule has 4 aromatic heterocycles. The molecule has 0 fully saturated rings. The number of para-hydroxylation sites is 2. The van der Waals surface area contributed by atoms with Crippen molar-refractivity contribution in [2.24, 2.45) is 0 Å². The Morgan fingerprint density at radius 3 is 1.97 bits per heavy atom. The Morgan fingerprint density at radius 2 is 1.08 bits per heavy atom. The minimum absolute atomic E-state index is 1.04. The second-order valence-electron chi connectivity index (χ2n) is 9.59. The lowest BCUT2D eigenvalue weighted by atomic mass is 10.0. The van der Waals surface area contributed by atoms with E-state index in [4.69, 9.17) is 0 Å². The predicted octanol–water partition coefficient (Wildman–Crippen LogP) is 8.34. The zero-order valence-electron chi connectivity index (χ0n) is 20.5. The van der Waals surface area contributed by atoms with Crippen LogP contribution >= 0.6 is 0 Å². The molecule has 0 amide bonds. The highest BCUT2D eigenvalue weighted by molar-refractivity contribution is 6.12. The van der Waals surface area contributed by atoms with Crippen molar-refractivity contribution in [3.05, 3.63) is 134 Å². The van der Waals surface area contributed by atoms with Gasteiger partial charge in [-0.1, -0.05) is 54.6 Å². The van der Waals surface area contributed by atoms with Crippen LogP contribution < -0.4 is 0 Å². The molecule has 0 N–H and O–H groups in total. The number of hydrogen-bond donors (Lipinski definition) is 0. The largest absolute Gasteiger partial charge is 0.309 e. The standard InChI is InChI=1S/C34H22N4/c1-2-7-25(8-3-1)37-31-11-5-4-10-27(31)28-14-12-24(20-34(28)37)23-13-15-32-29(19-23)30-22-36-18-16-33(30)38(32)26-9-6-17-35-21-26/h1-22H. The van der Waals surface area contributed by atoms with Gasteiger partial charge in [0.15, 0.2) is 0 Å². The van der Waals surface area contributed by atoms with Gasteiger partial charge in [0.1, 0.15) is 0 Å². The molecule has 8 aromatic rings. The molecule has 4 aromatic carbocycles. The van der Waals surface area contributed by atoms with Crippen molar-refractivity contribution in [3.8, 4) is 22.5 Å². The number of hydrogen-bond acceptors (Lipinski definition) is 2. The van der Waals surface area contributed by atoms with E-state index in [0.29, 0.717) is 0 Å². The maximum Gasteiger partial charge on any atom is 0.0645 e. The van der Waals surface area contributed by atoms with Crippen LogP contribution in [0.4, 0.5) is 0 Å². The van der Waals surface area contributed by atoms with E-state index in [1.165, 1.54) is 38.3 Å². The highest BCUT2D eigenvalue weighted by Crippen LogP contribution is 2.37. The van der Waals surface area contributed by atoms with Gasteiger partial charge in [0.05, 0.1) is 34.0 Å². The first-order valence-corrected chi connectivity index (χ1v) is 12.7. The van der Waals surface area contributed by atoms with Crippen molar-refractivity contribution in [3.63, 3.8) is 0 Å². The molecule has 0 aliphatic heterocycles. The summed E-state index contributed by atoms with van der Waals surface area (Å²) in [5.41, 5.74) is 9.26. The lowest BCUT2D eigenvalue weighted by Gasteiger charge is -2.09. The fraction of sp³-hybridized carbons (Fsp3) is 0. The van der Waals surface area contributed by atoms with Gasteiger partial charge in [-0.2, -0.15) is 0 Å². The molecule has 0 saturated carbocycles. The third-order valence-corrected chi connectivity index (χ3v) is 7.49. The van der Waals surface area contributed by atoms with E-state index in [-0.39, 0.29) is 0 Å². The number of aromatic nitrogens is 4. The van der Waals surface area contributed by atoms with Crippen LogP contribution in [0.2, 0.25) is 0 Å². The average molecular weight is 487 g/mol. The van der Waals surface area contributed by atoms with Crippen molar-refractivity contribution < 1.29 is 0 Å². The summed E-state index contributed by atoms with van der Waals surface area (Å²) in [5.74, 6) is 0. The Kier molecular flexibility index (Phi) is 4.49. The third-order valence-electron chi connectivity index (χ3n) is 7.49. The Labute approximate surface area is 219 Å². The van der Waals surface area contributed by atoms with E-state index in [1.807, 2.05) is 30.9 Å². The summed E-state index contributed by atoms with van der Waals surface area (Å²) >= 11 is 0. The van der Waals surface area contributed by atoms with Gasteiger partial charge in [-0.25, -0.2) is 0 Å². The zero-order valence-corrected chi connectivity index (χ0v) is 20.5. The summed E-state index contributed by atoms with van der Waals surface area (Å²) in [6, 6.07) is 38.9. The van der Waals surface area contributed by atoms with Crippen LogP contribution in [0.25, 0.3) is 66.1 Å². The fourth-order valence-electron chi connectivity index (χ4n) is 5.82. The molecule has 8 rings (SSSR count). The molecule has 0 atom stereocenters. The first kappa shape index (κ1) is 20.9. The molecule has 0 aliphatic carbocycles. The van der Waals surface area contributed by atoms with Crippen LogP contribution in [-0.2, 0) is 0 Å². The molecule has 38 heavy (non-hydrogen) atoms. The fourth-order valence-corrected chi connectivity index (χ4v) is 5.82. The van der Waals surface area contributed by atoms with Crippen LogP contribution in [-0.4, -0.2) is 19.1 Å². The van der Waals surface area contributed by atoms with Gasteiger partial charge in [0, 0.05) is 45.8 Å². The van der Waals surface area contributed by atoms with Crippen LogP contribution in [0.5, 0.6) is 0 Å². The minimum atomic E-state index is 1.04. The second-order valence-corrected chi connectivity index (χ2v) is 9.59. The number of rotatable bonds is 3. The van der Waals surface area contributed by atoms with Crippen LogP contribution in [0.3, 0.4) is 0 Å². The quantitative estimate of drug-likeness (QED) is 0.252. The monoisotopic (exact) mass is 486 g/mol. The van der Waals surface area contributed by atoms with Gasteiger partial charge >= 0.3 is 0 Å². The van der Waals surface area contributed by atoms with Crippen molar-refractivity contribution in [2.45, 2.75) is 0 Å². The highest BCUT2D eigenvalue weighted by atomic mass is 15.0. The van der Waals surface area contributed by atoms with Crippen molar-refractivity contribution in [1.82, 2.24) is 19.1 Å². The molecule has 0 saturated heterocycles. The summed E-state index contributed by atoms with van der Waals surface area (Å²) in [7, 11) is 0. The van der Waals surface area contributed by atoms with Crippen LogP contribution in [0, 0.1) is 0 Å². The highest BCUT2D eigenvalue weighted by Gasteiger charge is 2.16. The molecule has 178 valence electrons. The van der Waals surface area contributed by atoms with E-state index in [9.17, 15) is 0 Å². The molecule has 0 radical (unpaired) electrons. The lowest BCUT2D eigenvalue weighted by Crippen LogP contribution is -1.94. The molecule has 4 nitrogen and oxygen atoms in total. The summed E-state index contributed by atoms with van der Waals surface area (Å²) in [5, 5.41) is 4.83. The van der Waals surface area contributed by atoms with Gasteiger partial charge in [0.25, 0.3) is 0 Å². The van der Waals surface area contributed by atoms with Crippen LogP contribution in [0.1, 0.15) is 0 Å². The Morgan fingerprint density at radius 1 is 0.395 bits per heavy atom. The normalized spacial score (nSPS) is 11.7. The van der Waals surface area contributed by atoms with Crippen molar-refractivity contribution in [1.29, 1.82) is 0 Å². The summed E-state index contributed by atoms with van der Waals surface area (Å²) in [6.45, 7) is 0. The SMILES string of the molecule is c1ccc(-n2c3ccccc3c3ccc(-c4ccc5c(c4)c4cnccc4n5-c4cccnc4)cc32)cc1. The van der Waals surface area contributed by atoms with E-state index in [2.05, 4.69) is 122 Å². The minimum Gasteiger partial charge on any atom is -0.309 e. The van der Waals surface area contributed by atoms with Crippen LogP contribution in [0.15, 0.2) is 134 Å². The van der Waals surface area contributed by atoms with E-state index >= 15 is 0 Å². The van der Waals surface area contributed by atoms with Crippen molar-refractivity contribution in [2.75, 3.05) is 0 Å². The van der Waals surface area contributed by atoms with Crippen molar-refractivity contribution >= 4 is 43.6 Å². The summed E-state index contributed by atoms with van der Waals surface area (Å²) in [4.78, 5) is 8.81. The van der Waals surface area contributed by atoms with E-state index in [1.54, 1.807) is 0 Å². The molecule has 4 heterocycles. The molecule has 0 unspecified atom stereocenters. The summed E-state index contributed by atoms with van der Waals surface area (Å²) < 4.78 is 4.63. The van der Waals surface area contributed by atoms with E-state index < -0.39 is 0 Å². The zero-order chi connectivity index (χ0) is 25.1. The van der Waals surface area contributed by atoms with E-state index in [0.717, 1.165) is 27.8 Å². The molecular weight excluding hydrogens is 464 g/mol. The predicted molar refractivity (Wildman–Crippen MR) is 156 cm³/mol. The molecule has 0 aliphatic rings. The molecular formula is C34H22N4. The topological polar surface area (TPSA) is 35.6 Å². The Balaban J connectivity index is 1.38. The lowest BCUT2D eigenvalue weighted by molar-refractivity contribution is 1.14. The maximum atomic E-state index is 4.45. The van der Waals surface area contributed by atoms with Gasteiger partial charge in [-0.15, -0.1) is 0 Å². The molecule has 0 bridgehead atoms. The van der Waals surface area contributed by atoms with Gasteiger partial charge in [0.2, 0.25) is 0 Å². The first-order chi connectivity index (χ1) is 18.9. The van der Waals surface area contributed by atoms with Gasteiger partial charge < -0.3 is 9.13 Å². The number of nitrogens with zero attached hydrogens (tertiary/aromatic N) is 4. The molecule has 4 heteroatoms. The Hall–Kier alpha value is -5.22.